The molecule has 62 valence electrons. The van der Waals surface area contributed by atoms with E-state index in [-0.39, 0.29) is 6.04 Å². The topological polar surface area (TPSA) is 35.2 Å². The van der Waals surface area contributed by atoms with Gasteiger partial charge in [-0.15, -0.1) is 0 Å². The van der Waals surface area contributed by atoms with Crippen molar-refractivity contribution in [3.05, 3.63) is 0 Å². The Bertz CT molecular complexity index is 73.7. The molecule has 0 amide bonds. The molecule has 2 nitrogen and oxygen atoms in total. The van der Waals surface area contributed by atoms with E-state index >= 15 is 0 Å². The Hall–Kier alpha value is -0.0800. The van der Waals surface area contributed by atoms with Gasteiger partial charge in [0.25, 0.3) is 0 Å². The molecular weight excluding hydrogens is 126 g/mol. The van der Waals surface area contributed by atoms with Crippen molar-refractivity contribution < 1.29 is 4.74 Å². The molecular formula is C8H19NO. The highest BCUT2D eigenvalue weighted by atomic mass is 16.5. The number of hydrogen-bond donors (Lipinski definition) is 1. The normalized spacial score (nSPS) is 16.8. The summed E-state index contributed by atoms with van der Waals surface area (Å²) in [7, 11) is 0. The summed E-state index contributed by atoms with van der Waals surface area (Å²) >= 11 is 0. The van der Waals surface area contributed by atoms with Crippen LogP contribution in [-0.2, 0) is 4.74 Å². The van der Waals surface area contributed by atoms with Gasteiger partial charge in [0.05, 0.1) is 12.7 Å². The monoisotopic (exact) mass is 145 g/mol. The summed E-state index contributed by atoms with van der Waals surface area (Å²) in [6.45, 7) is 6.89. The van der Waals surface area contributed by atoms with E-state index in [1.165, 1.54) is 6.42 Å². The van der Waals surface area contributed by atoms with E-state index in [4.69, 9.17) is 10.5 Å². The molecule has 0 rings (SSSR count). The van der Waals surface area contributed by atoms with Crippen molar-refractivity contribution in [1.82, 2.24) is 0 Å². The molecule has 2 N–H and O–H groups in total. The van der Waals surface area contributed by atoms with Gasteiger partial charge in [-0.2, -0.15) is 0 Å². The third-order valence-electron chi connectivity index (χ3n) is 1.34. The summed E-state index contributed by atoms with van der Waals surface area (Å²) in [5.41, 5.74) is 5.51. The van der Waals surface area contributed by atoms with Crippen molar-refractivity contribution in [2.75, 3.05) is 6.61 Å². The van der Waals surface area contributed by atoms with Crippen molar-refractivity contribution in [2.45, 2.75) is 45.8 Å². The Morgan fingerprint density at radius 3 is 2.40 bits per heavy atom. The highest BCUT2D eigenvalue weighted by molar-refractivity contribution is 4.53. The number of ether oxygens (including phenoxy) is 1. The fraction of sp³-hybridized carbons (Fsp3) is 1.00. The van der Waals surface area contributed by atoms with Gasteiger partial charge in [-0.25, -0.2) is 0 Å². The maximum Gasteiger partial charge on any atom is 0.0618 e. The van der Waals surface area contributed by atoms with Gasteiger partial charge < -0.3 is 10.5 Å². The molecule has 0 saturated heterocycles. The lowest BCUT2D eigenvalue weighted by atomic mass is 10.2. The van der Waals surface area contributed by atoms with Gasteiger partial charge in [-0.3, -0.25) is 0 Å². The average molecular weight is 145 g/mol. The Balaban J connectivity index is 3.12. The van der Waals surface area contributed by atoms with Crippen LogP contribution in [0, 0.1) is 0 Å². The molecule has 0 bridgehead atoms. The van der Waals surface area contributed by atoms with Crippen LogP contribution in [0.2, 0.25) is 0 Å². The average Bonchev–Trinajstić information content (AvgIpc) is 1.85. The molecule has 0 aliphatic heterocycles. The van der Waals surface area contributed by atoms with E-state index in [1.807, 2.05) is 6.92 Å². The van der Waals surface area contributed by atoms with Crippen molar-refractivity contribution in [3.63, 3.8) is 0 Å². The zero-order valence-electron chi connectivity index (χ0n) is 7.26. The van der Waals surface area contributed by atoms with Crippen LogP contribution in [0.4, 0.5) is 0 Å². The molecule has 2 atom stereocenters. The standard InChI is InChI=1S/C8H19NO/c1-4-5-8(3)10-6-7(2)9/h7-8H,4-6,9H2,1-3H3. The fourth-order valence-electron chi connectivity index (χ4n) is 0.806. The Morgan fingerprint density at radius 2 is 2.00 bits per heavy atom. The van der Waals surface area contributed by atoms with Crippen molar-refractivity contribution in [1.29, 1.82) is 0 Å². The maximum absolute atomic E-state index is 5.51. The van der Waals surface area contributed by atoms with Crippen LogP contribution >= 0.6 is 0 Å². The molecule has 0 aliphatic carbocycles. The lowest BCUT2D eigenvalue weighted by molar-refractivity contribution is 0.0530. The molecule has 0 spiro atoms. The first kappa shape index (κ1) is 9.92. The quantitative estimate of drug-likeness (QED) is 0.637. The summed E-state index contributed by atoms with van der Waals surface area (Å²) < 4.78 is 5.42. The zero-order valence-corrected chi connectivity index (χ0v) is 7.26. The number of nitrogens with two attached hydrogens (primary N) is 1. The van der Waals surface area contributed by atoms with Crippen molar-refractivity contribution in [3.8, 4) is 0 Å². The molecule has 0 fully saturated rings. The molecule has 0 aromatic rings. The largest absolute Gasteiger partial charge is 0.377 e. The first-order valence-electron chi connectivity index (χ1n) is 4.04. The molecule has 0 aliphatic rings. The first-order chi connectivity index (χ1) is 4.66. The predicted octanol–water partition coefficient (Wildman–Crippen LogP) is 1.54. The van der Waals surface area contributed by atoms with Gasteiger partial charge in [0.15, 0.2) is 0 Å². The van der Waals surface area contributed by atoms with E-state index in [2.05, 4.69) is 13.8 Å². The number of hydrogen-bond acceptors (Lipinski definition) is 2. The van der Waals surface area contributed by atoms with E-state index in [1.54, 1.807) is 0 Å². The molecule has 0 radical (unpaired) electrons. The zero-order chi connectivity index (χ0) is 7.98. The van der Waals surface area contributed by atoms with Crippen LogP contribution in [0.3, 0.4) is 0 Å². The minimum absolute atomic E-state index is 0.166. The lowest BCUT2D eigenvalue weighted by Gasteiger charge is -2.13. The van der Waals surface area contributed by atoms with Gasteiger partial charge in [-0.05, 0) is 20.3 Å². The van der Waals surface area contributed by atoms with Crippen LogP contribution in [0.15, 0.2) is 0 Å². The summed E-state index contributed by atoms with van der Waals surface area (Å²) in [6.07, 6.45) is 2.68. The molecule has 10 heavy (non-hydrogen) atoms. The maximum atomic E-state index is 5.51. The van der Waals surface area contributed by atoms with Crippen molar-refractivity contribution >= 4 is 0 Å². The second-order valence-corrected chi connectivity index (χ2v) is 2.91. The molecule has 2 heteroatoms. The van der Waals surface area contributed by atoms with E-state index in [9.17, 15) is 0 Å². The van der Waals surface area contributed by atoms with Crippen LogP contribution < -0.4 is 5.73 Å². The minimum atomic E-state index is 0.166. The van der Waals surface area contributed by atoms with E-state index in [0.717, 1.165) is 6.42 Å². The molecule has 0 aromatic carbocycles. The smallest absolute Gasteiger partial charge is 0.0618 e. The first-order valence-corrected chi connectivity index (χ1v) is 4.04. The Morgan fingerprint density at radius 1 is 1.40 bits per heavy atom. The van der Waals surface area contributed by atoms with Gasteiger partial charge >= 0.3 is 0 Å². The fourth-order valence-corrected chi connectivity index (χ4v) is 0.806. The third-order valence-corrected chi connectivity index (χ3v) is 1.34. The summed E-state index contributed by atoms with van der Waals surface area (Å²) in [6, 6.07) is 0.166. The number of rotatable bonds is 5. The summed E-state index contributed by atoms with van der Waals surface area (Å²) in [5.74, 6) is 0. The Kier molecular flexibility index (Phi) is 5.64. The van der Waals surface area contributed by atoms with E-state index < -0.39 is 0 Å². The SMILES string of the molecule is CCCC(C)OCC(C)N. The molecule has 0 saturated carbocycles. The van der Waals surface area contributed by atoms with Crippen LogP contribution in [0.5, 0.6) is 0 Å². The van der Waals surface area contributed by atoms with Crippen molar-refractivity contribution in [2.24, 2.45) is 5.73 Å². The van der Waals surface area contributed by atoms with Crippen LogP contribution in [0.25, 0.3) is 0 Å². The third kappa shape index (κ3) is 6.05. The summed E-state index contributed by atoms with van der Waals surface area (Å²) in [4.78, 5) is 0. The molecule has 0 aromatic heterocycles. The second kappa shape index (κ2) is 5.69. The van der Waals surface area contributed by atoms with Gasteiger partial charge in [0.1, 0.15) is 0 Å². The second-order valence-electron chi connectivity index (χ2n) is 2.91. The van der Waals surface area contributed by atoms with Gasteiger partial charge in [-0.1, -0.05) is 13.3 Å². The minimum Gasteiger partial charge on any atom is -0.377 e. The Labute approximate surface area is 63.7 Å². The van der Waals surface area contributed by atoms with Gasteiger partial charge in [0.2, 0.25) is 0 Å². The van der Waals surface area contributed by atoms with Gasteiger partial charge in [0, 0.05) is 6.04 Å². The highest BCUT2D eigenvalue weighted by Crippen LogP contribution is 2.00. The highest BCUT2D eigenvalue weighted by Gasteiger charge is 2.00. The van der Waals surface area contributed by atoms with E-state index in [0.29, 0.717) is 12.7 Å². The van der Waals surface area contributed by atoms with Crippen LogP contribution in [-0.4, -0.2) is 18.8 Å². The molecule has 2 unspecified atom stereocenters. The van der Waals surface area contributed by atoms with Crippen LogP contribution in [0.1, 0.15) is 33.6 Å². The summed E-state index contributed by atoms with van der Waals surface area (Å²) in [5, 5.41) is 0. The lowest BCUT2D eigenvalue weighted by Crippen LogP contribution is -2.24. The molecule has 0 heterocycles. The predicted molar refractivity (Wildman–Crippen MR) is 44.0 cm³/mol.